The number of carboxylic acid groups (broad SMARTS) is 1. The number of piperidine rings is 1. The Kier molecular flexibility index (Phi) is 5.64. The van der Waals surface area contributed by atoms with Crippen LogP contribution in [0.1, 0.15) is 32.1 Å². The molecule has 0 saturated carbocycles. The lowest BCUT2D eigenvalue weighted by molar-refractivity contribution is -0.144. The van der Waals surface area contributed by atoms with Gasteiger partial charge in [0.2, 0.25) is 0 Å². The highest BCUT2D eigenvalue weighted by atomic mass is 32.1. The number of carbonyl (C=O) groups excluding carboxylic acids is 1. The number of hydrogen-bond acceptors (Lipinski definition) is 5. The lowest BCUT2D eigenvalue weighted by atomic mass is 9.92. The first-order valence-corrected chi connectivity index (χ1v) is 8.61. The van der Waals surface area contributed by atoms with Crippen molar-refractivity contribution in [1.82, 2.24) is 10.2 Å². The summed E-state index contributed by atoms with van der Waals surface area (Å²) in [5, 5.41) is 14.8. The Hall–Kier alpha value is -1.60. The summed E-state index contributed by atoms with van der Waals surface area (Å²) in [5.41, 5.74) is -0.579. The molecule has 7 heteroatoms. The number of carbonyl (C=O) groups is 2. The predicted molar refractivity (Wildman–Crippen MR) is 88.5 cm³/mol. The standard InChI is InChI=1S/C16H24N2O4S/c1-16(2,3)22-15(21)18-7-6-13(12(10-18)14(19)20)17-9-11-5-4-8-23-11/h4-5,8,12-13,17H,6-7,9-10H2,1-3H3,(H,19,20)/t12-,13-/m1/s1. The van der Waals surface area contributed by atoms with Gasteiger partial charge in [-0.2, -0.15) is 0 Å². The molecule has 1 aromatic heterocycles. The molecular formula is C16H24N2O4S. The molecule has 128 valence electrons. The molecular weight excluding hydrogens is 316 g/mol. The zero-order chi connectivity index (χ0) is 17.0. The maximum atomic E-state index is 12.1. The molecule has 1 amide bonds. The molecule has 1 fully saturated rings. The molecule has 6 nitrogen and oxygen atoms in total. The van der Waals surface area contributed by atoms with Crippen LogP contribution in [0.25, 0.3) is 0 Å². The van der Waals surface area contributed by atoms with Crippen LogP contribution in [0, 0.1) is 5.92 Å². The normalized spacial score (nSPS) is 22.0. The highest BCUT2D eigenvalue weighted by molar-refractivity contribution is 7.09. The monoisotopic (exact) mass is 340 g/mol. The van der Waals surface area contributed by atoms with Gasteiger partial charge in [0.25, 0.3) is 0 Å². The molecule has 2 rings (SSSR count). The van der Waals surface area contributed by atoms with Crippen molar-refractivity contribution in [3.8, 4) is 0 Å². The number of hydrogen-bond donors (Lipinski definition) is 2. The van der Waals surface area contributed by atoms with Crippen LogP contribution in [0.2, 0.25) is 0 Å². The predicted octanol–water partition coefficient (Wildman–Crippen LogP) is 2.55. The van der Waals surface area contributed by atoms with Crippen LogP contribution in [0.5, 0.6) is 0 Å². The van der Waals surface area contributed by atoms with Crippen LogP contribution in [0.15, 0.2) is 17.5 Å². The second kappa shape index (κ2) is 7.31. The third-order valence-corrected chi connectivity index (χ3v) is 4.58. The number of rotatable bonds is 4. The van der Waals surface area contributed by atoms with E-state index < -0.39 is 23.6 Å². The van der Waals surface area contributed by atoms with E-state index in [2.05, 4.69) is 5.32 Å². The molecule has 0 radical (unpaired) electrons. The van der Waals surface area contributed by atoms with Gasteiger partial charge in [-0.1, -0.05) is 6.07 Å². The zero-order valence-corrected chi connectivity index (χ0v) is 14.6. The smallest absolute Gasteiger partial charge is 0.410 e. The van der Waals surface area contributed by atoms with E-state index in [1.54, 1.807) is 32.1 Å². The average Bonchev–Trinajstić information content (AvgIpc) is 2.96. The fourth-order valence-electron chi connectivity index (χ4n) is 2.58. The fraction of sp³-hybridized carbons (Fsp3) is 0.625. The first-order valence-electron chi connectivity index (χ1n) is 7.73. The third kappa shape index (κ3) is 5.21. The van der Waals surface area contributed by atoms with Gasteiger partial charge in [0.1, 0.15) is 5.60 Å². The highest BCUT2D eigenvalue weighted by Gasteiger charge is 2.37. The Labute approximate surface area is 140 Å². The van der Waals surface area contributed by atoms with Crippen molar-refractivity contribution in [2.75, 3.05) is 13.1 Å². The summed E-state index contributed by atoms with van der Waals surface area (Å²) < 4.78 is 5.33. The summed E-state index contributed by atoms with van der Waals surface area (Å²) in [4.78, 5) is 26.4. The van der Waals surface area contributed by atoms with Gasteiger partial charge in [-0.25, -0.2) is 4.79 Å². The molecule has 1 aromatic rings. The molecule has 2 N–H and O–H groups in total. The second-order valence-corrected chi connectivity index (χ2v) is 7.76. The number of aliphatic carboxylic acids is 1. The van der Waals surface area contributed by atoms with Crippen molar-refractivity contribution in [1.29, 1.82) is 0 Å². The molecule has 2 atom stereocenters. The summed E-state index contributed by atoms with van der Waals surface area (Å²) in [6.45, 7) is 6.73. The minimum atomic E-state index is -0.887. The Morgan fingerprint density at radius 3 is 2.78 bits per heavy atom. The first-order chi connectivity index (χ1) is 10.8. The Bertz CT molecular complexity index is 539. The summed E-state index contributed by atoms with van der Waals surface area (Å²) in [5.74, 6) is -1.52. The summed E-state index contributed by atoms with van der Waals surface area (Å²) in [7, 11) is 0. The lowest BCUT2D eigenvalue weighted by Crippen LogP contribution is -2.54. The lowest BCUT2D eigenvalue weighted by Gasteiger charge is -2.37. The summed E-state index contributed by atoms with van der Waals surface area (Å²) >= 11 is 1.64. The molecule has 0 bridgehead atoms. The van der Waals surface area contributed by atoms with Crippen molar-refractivity contribution >= 4 is 23.4 Å². The number of likely N-dealkylation sites (tertiary alicyclic amines) is 1. The van der Waals surface area contributed by atoms with Gasteiger partial charge in [0.05, 0.1) is 5.92 Å². The van der Waals surface area contributed by atoms with E-state index in [4.69, 9.17) is 4.74 Å². The van der Waals surface area contributed by atoms with Gasteiger partial charge in [-0.15, -0.1) is 11.3 Å². The molecule has 0 unspecified atom stereocenters. The van der Waals surface area contributed by atoms with Crippen molar-refractivity contribution in [2.45, 2.75) is 45.4 Å². The van der Waals surface area contributed by atoms with Crippen LogP contribution in [-0.2, 0) is 16.1 Å². The van der Waals surface area contributed by atoms with Gasteiger partial charge in [-0.3, -0.25) is 4.79 Å². The van der Waals surface area contributed by atoms with Gasteiger partial charge >= 0.3 is 12.1 Å². The van der Waals surface area contributed by atoms with Crippen LogP contribution in [-0.4, -0.2) is 46.8 Å². The molecule has 0 spiro atoms. The average molecular weight is 340 g/mol. The number of ether oxygens (including phenoxy) is 1. The van der Waals surface area contributed by atoms with Crippen molar-refractivity contribution in [3.05, 3.63) is 22.4 Å². The van der Waals surface area contributed by atoms with Crippen LogP contribution in [0.3, 0.4) is 0 Å². The van der Waals surface area contributed by atoms with Crippen molar-refractivity contribution in [2.24, 2.45) is 5.92 Å². The van der Waals surface area contributed by atoms with E-state index in [0.29, 0.717) is 19.5 Å². The Balaban J connectivity index is 1.94. The van der Waals surface area contributed by atoms with Gasteiger partial charge in [-0.05, 0) is 38.6 Å². The van der Waals surface area contributed by atoms with E-state index in [9.17, 15) is 14.7 Å². The zero-order valence-electron chi connectivity index (χ0n) is 13.7. The Morgan fingerprint density at radius 1 is 1.48 bits per heavy atom. The number of thiophene rings is 1. The summed E-state index contributed by atoms with van der Waals surface area (Å²) in [6, 6.07) is 3.85. The van der Waals surface area contributed by atoms with Crippen LogP contribution >= 0.6 is 11.3 Å². The van der Waals surface area contributed by atoms with Crippen molar-refractivity contribution < 1.29 is 19.4 Å². The molecule has 0 aromatic carbocycles. The quantitative estimate of drug-likeness (QED) is 0.880. The molecule has 1 aliphatic rings. The van der Waals surface area contributed by atoms with Gasteiger partial charge in [0, 0.05) is 30.6 Å². The minimum absolute atomic E-state index is 0.145. The van der Waals surface area contributed by atoms with E-state index in [0.717, 1.165) is 0 Å². The molecule has 0 aliphatic carbocycles. The number of amides is 1. The molecule has 2 heterocycles. The van der Waals surface area contributed by atoms with Gasteiger partial charge < -0.3 is 20.1 Å². The van der Waals surface area contributed by atoms with Gasteiger partial charge in [0.15, 0.2) is 0 Å². The SMILES string of the molecule is CC(C)(C)OC(=O)N1CC[C@@H](NCc2cccs2)[C@H](C(=O)O)C1. The highest BCUT2D eigenvalue weighted by Crippen LogP contribution is 2.21. The Morgan fingerprint density at radius 2 is 2.22 bits per heavy atom. The van der Waals surface area contributed by atoms with Crippen LogP contribution in [0.4, 0.5) is 4.79 Å². The van der Waals surface area contributed by atoms with E-state index in [-0.39, 0.29) is 12.6 Å². The maximum absolute atomic E-state index is 12.1. The number of nitrogens with one attached hydrogen (secondary N) is 1. The fourth-order valence-corrected chi connectivity index (χ4v) is 3.24. The van der Waals surface area contributed by atoms with E-state index >= 15 is 0 Å². The number of carboxylic acids is 1. The topological polar surface area (TPSA) is 78.9 Å². The van der Waals surface area contributed by atoms with Crippen LogP contribution < -0.4 is 5.32 Å². The minimum Gasteiger partial charge on any atom is -0.481 e. The molecule has 1 aliphatic heterocycles. The van der Waals surface area contributed by atoms with E-state index in [1.165, 1.54) is 9.78 Å². The third-order valence-electron chi connectivity index (χ3n) is 3.70. The first kappa shape index (κ1) is 17.7. The molecule has 1 saturated heterocycles. The van der Waals surface area contributed by atoms with Crippen molar-refractivity contribution in [3.63, 3.8) is 0 Å². The maximum Gasteiger partial charge on any atom is 0.410 e. The number of nitrogens with zero attached hydrogens (tertiary/aromatic N) is 1. The summed E-state index contributed by atoms with van der Waals surface area (Å²) in [6.07, 6.45) is 0.155. The molecule has 23 heavy (non-hydrogen) atoms. The van der Waals surface area contributed by atoms with E-state index in [1.807, 2.05) is 17.5 Å². The largest absolute Gasteiger partial charge is 0.481 e. The second-order valence-electron chi connectivity index (χ2n) is 6.73.